The Hall–Kier alpha value is -3.43. The molecule has 1 aliphatic heterocycles. The highest BCUT2D eigenvalue weighted by molar-refractivity contribution is 8.14. The van der Waals surface area contributed by atoms with E-state index in [-0.39, 0.29) is 29.0 Å². The summed E-state index contributed by atoms with van der Waals surface area (Å²) < 4.78 is 0. The van der Waals surface area contributed by atoms with Gasteiger partial charge in [-0.3, -0.25) is 24.6 Å². The van der Waals surface area contributed by atoms with Crippen molar-refractivity contribution >= 4 is 51.8 Å². The molecule has 0 spiro atoms. The van der Waals surface area contributed by atoms with E-state index in [1.54, 1.807) is 41.3 Å². The van der Waals surface area contributed by atoms with Crippen molar-refractivity contribution < 1.29 is 14.5 Å². The first-order chi connectivity index (χ1) is 16.9. The minimum Gasteiger partial charge on any atom is -0.295 e. The fraction of sp³-hybridized carbons (Fsp3) is 0.192. The Morgan fingerprint density at radius 2 is 1.77 bits per heavy atom. The van der Waals surface area contributed by atoms with Gasteiger partial charge in [0.2, 0.25) is 0 Å². The first-order valence-corrected chi connectivity index (χ1v) is 12.8. The van der Waals surface area contributed by atoms with Crippen LogP contribution in [0.2, 0.25) is 0 Å². The highest BCUT2D eigenvalue weighted by atomic mass is 32.2. The Bertz CT molecular complexity index is 1290. The number of hydrogen-bond acceptors (Lipinski definition) is 7. The third-order valence-electron chi connectivity index (χ3n) is 5.54. The molecule has 0 aliphatic carbocycles. The summed E-state index contributed by atoms with van der Waals surface area (Å²) in [6.07, 6.45) is 0.727. The number of nitro benzene ring substituents is 1. The zero-order chi connectivity index (χ0) is 24.9. The molecule has 0 bridgehead atoms. The fourth-order valence-corrected chi connectivity index (χ4v) is 5.81. The zero-order valence-corrected chi connectivity index (χ0v) is 20.8. The average Bonchev–Trinajstić information content (AvgIpc) is 3.27. The Morgan fingerprint density at radius 1 is 1.09 bits per heavy atom. The van der Waals surface area contributed by atoms with Crippen molar-refractivity contribution in [2.45, 2.75) is 36.1 Å². The molecule has 1 atom stereocenters. The van der Waals surface area contributed by atoms with E-state index in [4.69, 9.17) is 0 Å². The van der Waals surface area contributed by atoms with E-state index >= 15 is 0 Å². The molecule has 3 aromatic carbocycles. The number of Topliss-reactive ketones (excluding diaryl/α,β-unsaturated/α-hetero) is 1. The van der Waals surface area contributed by atoms with E-state index in [0.29, 0.717) is 27.1 Å². The molecule has 1 fully saturated rings. The summed E-state index contributed by atoms with van der Waals surface area (Å²) >= 11 is 2.76. The molecule has 35 heavy (non-hydrogen) atoms. The maximum absolute atomic E-state index is 13.6. The third-order valence-corrected chi connectivity index (χ3v) is 7.71. The predicted octanol–water partition coefficient (Wildman–Crippen LogP) is 6.60. The Kier molecular flexibility index (Phi) is 7.67. The minimum atomic E-state index is -0.455. The monoisotopic (exact) mass is 505 g/mol. The number of amidine groups is 1. The standard InChI is InChI=1S/C26H23N3O4S2/c1-3-21-16-34-26(27-20-12-9-18(10-13-20)17(2)30)28(21)25(31)19-11-14-24(23(15-19)29(32)33)35-22-7-5-4-6-8-22/h4-15,21H,3,16H2,1-2H3/t21-/m1/s1. The summed E-state index contributed by atoms with van der Waals surface area (Å²) in [5.41, 5.74) is 1.36. The Balaban J connectivity index is 1.65. The lowest BCUT2D eigenvalue weighted by Crippen LogP contribution is -2.39. The van der Waals surface area contributed by atoms with Gasteiger partial charge in [-0.15, -0.1) is 0 Å². The van der Waals surface area contributed by atoms with Crippen LogP contribution >= 0.6 is 23.5 Å². The first-order valence-electron chi connectivity index (χ1n) is 11.0. The quantitative estimate of drug-likeness (QED) is 0.204. The van der Waals surface area contributed by atoms with Crippen LogP contribution in [-0.2, 0) is 0 Å². The number of amides is 1. The molecule has 1 saturated heterocycles. The van der Waals surface area contributed by atoms with Crippen LogP contribution in [-0.4, -0.2) is 38.5 Å². The lowest BCUT2D eigenvalue weighted by molar-refractivity contribution is -0.387. The molecule has 7 nitrogen and oxygen atoms in total. The lowest BCUT2D eigenvalue weighted by atomic mass is 10.1. The molecule has 0 N–H and O–H groups in total. The molecule has 3 aromatic rings. The SMILES string of the molecule is CC[C@@H]1CSC(=Nc2ccc(C(C)=O)cc2)N1C(=O)c1ccc(Sc2ccccc2)c([N+](=O)[O-])c1. The average molecular weight is 506 g/mol. The van der Waals surface area contributed by atoms with Crippen molar-refractivity contribution in [1.82, 2.24) is 4.90 Å². The predicted molar refractivity (Wildman–Crippen MR) is 140 cm³/mol. The zero-order valence-electron chi connectivity index (χ0n) is 19.2. The number of benzene rings is 3. The number of carbonyl (C=O) groups is 2. The normalized spacial score (nSPS) is 16.5. The number of aliphatic imine (C=N–C) groups is 1. The topological polar surface area (TPSA) is 92.9 Å². The molecule has 0 aromatic heterocycles. The van der Waals surface area contributed by atoms with Crippen LogP contribution in [0.15, 0.2) is 87.6 Å². The molecule has 178 valence electrons. The van der Waals surface area contributed by atoms with Crippen LogP contribution in [0, 0.1) is 10.1 Å². The van der Waals surface area contributed by atoms with Crippen molar-refractivity contribution in [3.63, 3.8) is 0 Å². The maximum atomic E-state index is 13.6. The molecule has 1 amide bonds. The van der Waals surface area contributed by atoms with Gasteiger partial charge in [0.1, 0.15) is 0 Å². The number of nitro groups is 1. The molecule has 1 aliphatic rings. The number of rotatable bonds is 7. The van der Waals surface area contributed by atoms with E-state index in [0.717, 1.165) is 11.3 Å². The van der Waals surface area contributed by atoms with E-state index in [2.05, 4.69) is 4.99 Å². The van der Waals surface area contributed by atoms with Gasteiger partial charge in [-0.25, -0.2) is 4.99 Å². The second-order valence-electron chi connectivity index (χ2n) is 7.90. The second-order valence-corrected chi connectivity index (χ2v) is 10.0. The van der Waals surface area contributed by atoms with Gasteiger partial charge in [-0.2, -0.15) is 0 Å². The summed E-state index contributed by atoms with van der Waals surface area (Å²) in [7, 11) is 0. The highest BCUT2D eigenvalue weighted by Crippen LogP contribution is 2.36. The molecule has 4 rings (SSSR count). The number of thioether (sulfide) groups is 1. The van der Waals surface area contributed by atoms with Gasteiger partial charge in [0.25, 0.3) is 11.6 Å². The van der Waals surface area contributed by atoms with Crippen LogP contribution in [0.1, 0.15) is 41.0 Å². The van der Waals surface area contributed by atoms with Crippen LogP contribution < -0.4 is 0 Å². The van der Waals surface area contributed by atoms with Gasteiger partial charge in [0.15, 0.2) is 11.0 Å². The maximum Gasteiger partial charge on any atom is 0.284 e. The lowest BCUT2D eigenvalue weighted by Gasteiger charge is -2.23. The van der Waals surface area contributed by atoms with Gasteiger partial charge < -0.3 is 0 Å². The van der Waals surface area contributed by atoms with Crippen LogP contribution in [0.4, 0.5) is 11.4 Å². The molecular weight excluding hydrogens is 482 g/mol. The Labute approximate surface area is 211 Å². The smallest absolute Gasteiger partial charge is 0.284 e. The highest BCUT2D eigenvalue weighted by Gasteiger charge is 2.35. The molecule has 0 saturated carbocycles. The Morgan fingerprint density at radius 3 is 2.40 bits per heavy atom. The molecule has 1 heterocycles. The van der Waals surface area contributed by atoms with Gasteiger partial charge >= 0.3 is 0 Å². The van der Waals surface area contributed by atoms with Crippen LogP contribution in [0.3, 0.4) is 0 Å². The van der Waals surface area contributed by atoms with E-state index in [1.807, 2.05) is 37.3 Å². The molecule has 0 unspecified atom stereocenters. The van der Waals surface area contributed by atoms with E-state index in [9.17, 15) is 19.7 Å². The van der Waals surface area contributed by atoms with Crippen LogP contribution in [0.25, 0.3) is 0 Å². The fourth-order valence-electron chi connectivity index (χ4n) is 3.63. The summed E-state index contributed by atoms with van der Waals surface area (Å²) in [6, 6.07) is 20.8. The van der Waals surface area contributed by atoms with E-state index in [1.165, 1.54) is 36.5 Å². The summed E-state index contributed by atoms with van der Waals surface area (Å²) in [5.74, 6) is 0.342. The largest absolute Gasteiger partial charge is 0.295 e. The number of carbonyl (C=O) groups excluding carboxylic acids is 2. The van der Waals surface area contributed by atoms with Crippen LogP contribution in [0.5, 0.6) is 0 Å². The summed E-state index contributed by atoms with van der Waals surface area (Å²) in [5, 5.41) is 12.4. The minimum absolute atomic E-state index is 0.0298. The molecule has 9 heteroatoms. The summed E-state index contributed by atoms with van der Waals surface area (Å²) in [6.45, 7) is 3.50. The number of ketones is 1. The first kappa shape index (κ1) is 24.7. The van der Waals surface area contributed by atoms with Crippen molar-refractivity contribution in [2.75, 3.05) is 5.75 Å². The van der Waals surface area contributed by atoms with Crippen molar-refractivity contribution in [2.24, 2.45) is 4.99 Å². The van der Waals surface area contributed by atoms with Gasteiger partial charge in [-0.1, -0.05) is 48.6 Å². The van der Waals surface area contributed by atoms with E-state index < -0.39 is 4.92 Å². The number of nitrogens with zero attached hydrogens (tertiary/aromatic N) is 3. The second kappa shape index (κ2) is 10.9. The van der Waals surface area contributed by atoms with Crippen molar-refractivity contribution in [3.8, 4) is 0 Å². The van der Waals surface area contributed by atoms with Gasteiger partial charge in [-0.05, 0) is 61.9 Å². The van der Waals surface area contributed by atoms with Crippen molar-refractivity contribution in [1.29, 1.82) is 0 Å². The van der Waals surface area contributed by atoms with Gasteiger partial charge in [0, 0.05) is 33.9 Å². The number of hydrogen-bond donors (Lipinski definition) is 0. The summed E-state index contributed by atoms with van der Waals surface area (Å²) in [4.78, 5) is 44.1. The third kappa shape index (κ3) is 5.63. The van der Waals surface area contributed by atoms with Gasteiger partial charge in [0.05, 0.1) is 15.5 Å². The molecular formula is C26H23N3O4S2. The van der Waals surface area contributed by atoms with Crippen molar-refractivity contribution in [3.05, 3.63) is 94.0 Å². The molecule has 0 radical (unpaired) electrons.